The van der Waals surface area contributed by atoms with Gasteiger partial charge in [-0.1, -0.05) is 0 Å². The van der Waals surface area contributed by atoms with Gasteiger partial charge in [-0.25, -0.2) is 13.2 Å². The highest BCUT2D eigenvalue weighted by molar-refractivity contribution is 8.04. The van der Waals surface area contributed by atoms with Crippen LogP contribution in [0.5, 0.6) is 0 Å². The summed E-state index contributed by atoms with van der Waals surface area (Å²) in [5.41, 5.74) is 0.264. The molecule has 0 fully saturated rings. The summed E-state index contributed by atoms with van der Waals surface area (Å²) in [5.74, 6) is -0.453. The average molecular weight is 286 g/mol. The van der Waals surface area contributed by atoms with Gasteiger partial charge in [-0.05, 0) is 32.0 Å². The van der Waals surface area contributed by atoms with Gasteiger partial charge >= 0.3 is 5.97 Å². The van der Waals surface area contributed by atoms with E-state index in [9.17, 15) is 13.2 Å². The Morgan fingerprint density at radius 3 is 2.67 bits per heavy atom. The van der Waals surface area contributed by atoms with Crippen molar-refractivity contribution in [3.63, 3.8) is 0 Å². The fraction of sp³-hybridized carbons (Fsp3) is 0.417. The van der Waals surface area contributed by atoms with Crippen LogP contribution in [0, 0.1) is 0 Å². The highest BCUT2D eigenvalue weighted by atomic mass is 32.2. The van der Waals surface area contributed by atoms with Crippen LogP contribution in [0.3, 0.4) is 0 Å². The lowest BCUT2D eigenvalue weighted by atomic mass is 10.2. The molecular formula is C12H14O4S2. The minimum Gasteiger partial charge on any atom is -0.465 e. The molecule has 0 unspecified atom stereocenters. The minimum atomic E-state index is -3.34. The fourth-order valence-electron chi connectivity index (χ4n) is 1.94. The molecule has 1 aliphatic rings. The summed E-state index contributed by atoms with van der Waals surface area (Å²) in [6.45, 7) is 3.79. The first-order valence-electron chi connectivity index (χ1n) is 5.39. The number of thioether (sulfide) groups is 1. The maximum Gasteiger partial charge on any atom is 0.337 e. The largest absolute Gasteiger partial charge is 0.465 e. The van der Waals surface area contributed by atoms with Crippen molar-refractivity contribution in [3.05, 3.63) is 23.8 Å². The molecule has 4 nitrogen and oxygen atoms in total. The van der Waals surface area contributed by atoms with Gasteiger partial charge in [0.15, 0.2) is 9.84 Å². The van der Waals surface area contributed by atoms with Crippen LogP contribution >= 0.6 is 11.8 Å². The summed E-state index contributed by atoms with van der Waals surface area (Å²) >= 11 is 1.51. The number of rotatable bonds is 1. The summed E-state index contributed by atoms with van der Waals surface area (Å²) < 4.78 is 28.6. The van der Waals surface area contributed by atoms with Crippen molar-refractivity contribution < 1.29 is 17.9 Å². The molecule has 0 saturated heterocycles. The van der Waals surface area contributed by atoms with Crippen LogP contribution in [0.15, 0.2) is 28.0 Å². The highest BCUT2D eigenvalue weighted by Crippen LogP contribution is 2.43. The molecule has 1 aromatic rings. The number of benzene rings is 1. The second-order valence-corrected chi connectivity index (χ2v) is 8.48. The third-order valence-corrected chi connectivity index (χ3v) is 6.32. The Hall–Kier alpha value is -1.01. The lowest BCUT2D eigenvalue weighted by molar-refractivity contribution is 0.0600. The van der Waals surface area contributed by atoms with E-state index in [1.54, 1.807) is 12.1 Å². The summed E-state index contributed by atoms with van der Waals surface area (Å²) in [5, 5.41) is 0. The Bertz CT molecular complexity index is 603. The Labute approximate surface area is 111 Å². The monoisotopic (exact) mass is 286 g/mol. The molecule has 0 aromatic heterocycles. The molecule has 0 aliphatic carbocycles. The number of hydrogen-bond donors (Lipinski definition) is 0. The highest BCUT2D eigenvalue weighted by Gasteiger charge is 2.36. The van der Waals surface area contributed by atoms with Crippen molar-refractivity contribution >= 4 is 27.6 Å². The molecule has 0 saturated carbocycles. The number of hydrogen-bond acceptors (Lipinski definition) is 5. The van der Waals surface area contributed by atoms with Gasteiger partial charge in [-0.15, -0.1) is 11.8 Å². The van der Waals surface area contributed by atoms with Gasteiger partial charge in [0.1, 0.15) is 0 Å². The molecule has 1 heterocycles. The van der Waals surface area contributed by atoms with Gasteiger partial charge in [0, 0.05) is 9.64 Å². The van der Waals surface area contributed by atoms with Crippen molar-refractivity contribution in [2.45, 2.75) is 28.4 Å². The Balaban J connectivity index is 2.58. The van der Waals surface area contributed by atoms with Crippen molar-refractivity contribution in [3.8, 4) is 0 Å². The zero-order chi connectivity index (χ0) is 13.6. The minimum absolute atomic E-state index is 0.0717. The number of ether oxygens (including phenoxy) is 1. The molecular weight excluding hydrogens is 272 g/mol. The summed E-state index contributed by atoms with van der Waals surface area (Å²) in [4.78, 5) is 12.3. The lowest BCUT2D eigenvalue weighted by Crippen LogP contribution is -2.31. The molecule has 0 radical (unpaired) electrons. The molecule has 98 valence electrons. The van der Waals surface area contributed by atoms with E-state index in [2.05, 4.69) is 4.74 Å². The van der Waals surface area contributed by atoms with Crippen molar-refractivity contribution in [1.29, 1.82) is 0 Å². The molecule has 2 rings (SSSR count). The van der Waals surface area contributed by atoms with Crippen LogP contribution in [-0.2, 0) is 14.6 Å². The number of esters is 1. The Morgan fingerprint density at radius 1 is 1.39 bits per heavy atom. The number of fused-ring (bicyclic) bond motifs is 1. The van der Waals surface area contributed by atoms with Gasteiger partial charge in [0.25, 0.3) is 0 Å². The summed E-state index contributed by atoms with van der Waals surface area (Å²) in [6, 6.07) is 4.66. The predicted octanol–water partition coefficient (Wildman–Crippen LogP) is 2.13. The van der Waals surface area contributed by atoms with E-state index < -0.39 is 15.8 Å². The van der Waals surface area contributed by atoms with Crippen LogP contribution in [-0.4, -0.2) is 32.0 Å². The average Bonchev–Trinajstić information content (AvgIpc) is 2.25. The molecule has 0 N–H and O–H groups in total. The zero-order valence-corrected chi connectivity index (χ0v) is 12.0. The van der Waals surface area contributed by atoms with E-state index in [-0.39, 0.29) is 21.0 Å². The predicted molar refractivity (Wildman–Crippen MR) is 69.8 cm³/mol. The second kappa shape index (κ2) is 4.28. The van der Waals surface area contributed by atoms with E-state index in [4.69, 9.17) is 0 Å². The van der Waals surface area contributed by atoms with Gasteiger partial charge in [-0.3, -0.25) is 0 Å². The number of carbonyl (C=O) groups excluding carboxylic acids is 1. The van der Waals surface area contributed by atoms with E-state index in [0.29, 0.717) is 4.90 Å². The fourth-order valence-corrected chi connectivity index (χ4v) is 5.79. The smallest absolute Gasteiger partial charge is 0.337 e. The molecule has 18 heavy (non-hydrogen) atoms. The van der Waals surface area contributed by atoms with Crippen molar-refractivity contribution in [1.82, 2.24) is 0 Å². The second-order valence-electron chi connectivity index (χ2n) is 4.77. The quantitative estimate of drug-likeness (QED) is 0.740. The van der Waals surface area contributed by atoms with Crippen molar-refractivity contribution in [2.24, 2.45) is 0 Å². The maximum absolute atomic E-state index is 12.2. The van der Waals surface area contributed by atoms with Gasteiger partial charge < -0.3 is 4.74 Å². The Morgan fingerprint density at radius 2 is 2.06 bits per heavy atom. The number of carbonyl (C=O) groups is 1. The van der Waals surface area contributed by atoms with Crippen LogP contribution in [0.2, 0.25) is 0 Å². The van der Waals surface area contributed by atoms with E-state index >= 15 is 0 Å². The first kappa shape index (κ1) is 13.4. The summed E-state index contributed by atoms with van der Waals surface area (Å²) in [7, 11) is -2.07. The number of sulfone groups is 1. The van der Waals surface area contributed by atoms with Crippen molar-refractivity contribution in [2.75, 3.05) is 12.9 Å². The first-order valence-corrected chi connectivity index (χ1v) is 7.86. The van der Waals surface area contributed by atoms with Gasteiger partial charge in [0.05, 0.1) is 23.3 Å². The van der Waals surface area contributed by atoms with Gasteiger partial charge in [-0.2, -0.15) is 0 Å². The molecule has 1 aromatic carbocycles. The first-order chi connectivity index (χ1) is 8.25. The molecule has 1 aliphatic heterocycles. The lowest BCUT2D eigenvalue weighted by Gasteiger charge is -2.30. The molecule has 0 atom stereocenters. The third-order valence-electron chi connectivity index (χ3n) is 2.62. The van der Waals surface area contributed by atoms with E-state index in [1.165, 1.54) is 24.9 Å². The van der Waals surface area contributed by atoms with Gasteiger partial charge in [0.2, 0.25) is 0 Å². The third kappa shape index (κ3) is 2.40. The normalized spacial score (nSPS) is 19.9. The molecule has 6 heteroatoms. The topological polar surface area (TPSA) is 60.4 Å². The van der Waals surface area contributed by atoms with E-state index in [1.807, 2.05) is 13.8 Å². The van der Waals surface area contributed by atoms with Crippen LogP contribution in [0.4, 0.5) is 0 Å². The molecule has 0 spiro atoms. The van der Waals surface area contributed by atoms with E-state index in [0.717, 1.165) is 0 Å². The zero-order valence-electron chi connectivity index (χ0n) is 10.4. The standard InChI is InChI=1S/C12H14O4S2/c1-12(2)7-18(14,15)10-6-8(11(13)16-3)4-5-9(10)17-12/h4-6H,7H2,1-3H3. The maximum atomic E-state index is 12.2. The SMILES string of the molecule is COC(=O)c1ccc2c(c1)S(=O)(=O)CC(C)(C)S2. The number of methoxy groups -OCH3 is 1. The molecule has 0 bridgehead atoms. The van der Waals surface area contributed by atoms with Crippen LogP contribution in [0.25, 0.3) is 0 Å². The van der Waals surface area contributed by atoms with Crippen LogP contribution in [0.1, 0.15) is 24.2 Å². The van der Waals surface area contributed by atoms with Crippen LogP contribution < -0.4 is 0 Å². The Kier molecular flexibility index (Phi) is 3.19. The summed E-state index contributed by atoms with van der Waals surface area (Å²) in [6.07, 6.45) is 0. The molecule has 0 amide bonds.